The van der Waals surface area contributed by atoms with Gasteiger partial charge >= 0.3 is 46.8 Å². The predicted octanol–water partition coefficient (Wildman–Crippen LogP) is 7.27. The van der Waals surface area contributed by atoms with E-state index in [2.05, 4.69) is 11.6 Å². The Morgan fingerprint density at radius 3 is 1.43 bits per heavy atom. The third-order valence-electron chi connectivity index (χ3n) is 5.73. The Balaban J connectivity index is 2.40. The molecule has 1 amide bonds. The summed E-state index contributed by atoms with van der Waals surface area (Å²) >= 11 is 9.22. The van der Waals surface area contributed by atoms with Gasteiger partial charge < -0.3 is 9.80 Å². The first kappa shape index (κ1) is 34.2. The second-order valence-electron chi connectivity index (χ2n) is 8.28. The lowest BCUT2D eigenvalue weighted by molar-refractivity contribution is -0.446. The summed E-state index contributed by atoms with van der Waals surface area (Å²) in [6.07, 6.45) is 0. The summed E-state index contributed by atoms with van der Waals surface area (Å²) in [6.45, 7) is -2.92. The van der Waals surface area contributed by atoms with Gasteiger partial charge in [-0.15, -0.1) is 0 Å². The second-order valence-corrected chi connectivity index (χ2v) is 9.19. The number of halogens is 18. The Morgan fingerprint density at radius 1 is 0.625 bits per heavy atom. The van der Waals surface area contributed by atoms with E-state index in [4.69, 9.17) is 11.6 Å². The fourth-order valence-corrected chi connectivity index (χ4v) is 3.64. The maximum Gasteiger partial charge on any atom is 0.393 e. The number of hydrogen-bond acceptors (Lipinski definition) is 2. The molecule has 0 radical (unpaired) electrons. The van der Waals surface area contributed by atoms with Gasteiger partial charge in [-0.25, -0.2) is 0 Å². The molecule has 0 spiro atoms. The van der Waals surface area contributed by atoms with Crippen molar-refractivity contribution in [3.8, 4) is 0 Å². The van der Waals surface area contributed by atoms with Crippen molar-refractivity contribution in [1.29, 1.82) is 0 Å². The van der Waals surface area contributed by atoms with Crippen LogP contribution in [0.2, 0.25) is 5.02 Å². The summed E-state index contributed by atoms with van der Waals surface area (Å²) in [4.78, 5) is 13.0. The van der Waals surface area contributed by atoms with Crippen LogP contribution in [0.25, 0.3) is 0 Å². The second kappa shape index (κ2) is 10.0. The van der Waals surface area contributed by atoms with E-state index in [0.29, 0.717) is 5.69 Å². The summed E-state index contributed by atoms with van der Waals surface area (Å²) in [6, 6.07) is 5.55. The maximum absolute atomic E-state index is 14.3. The Morgan fingerprint density at radius 2 is 1.02 bits per heavy atom. The number of amides is 1. The molecule has 1 aromatic carbocycles. The Labute approximate surface area is 222 Å². The van der Waals surface area contributed by atoms with Crippen LogP contribution in [0.1, 0.15) is 0 Å². The van der Waals surface area contributed by atoms with Crippen LogP contribution in [0.4, 0.5) is 75.9 Å². The molecule has 0 unspecified atom stereocenters. The monoisotopic (exact) mass is 658 g/mol. The molecule has 0 N–H and O–H groups in total. The van der Waals surface area contributed by atoms with E-state index < -0.39 is 78.9 Å². The normalized spacial score (nSPS) is 17.4. The summed E-state index contributed by atoms with van der Waals surface area (Å²) in [5, 5.41) is -6.69. The third-order valence-corrected chi connectivity index (χ3v) is 6.20. The molecule has 0 aliphatic carbocycles. The average Bonchev–Trinajstić information content (AvgIpc) is 2.82. The molecule has 0 aromatic heterocycles. The van der Waals surface area contributed by atoms with Crippen molar-refractivity contribution in [3.05, 3.63) is 29.3 Å². The van der Waals surface area contributed by atoms with Gasteiger partial charge in [-0.3, -0.25) is 4.79 Å². The molecule has 40 heavy (non-hydrogen) atoms. The number of hydrogen-bond donors (Lipinski definition) is 0. The van der Waals surface area contributed by atoms with Gasteiger partial charge in [-0.2, -0.15) is 70.2 Å². The number of rotatable bonds is 9. The van der Waals surface area contributed by atoms with E-state index >= 15 is 0 Å². The number of anilines is 1. The van der Waals surface area contributed by atoms with Crippen molar-refractivity contribution in [2.75, 3.05) is 31.1 Å². The van der Waals surface area contributed by atoms with Gasteiger partial charge in [0, 0.05) is 36.9 Å². The number of piperazine rings is 1. The van der Waals surface area contributed by atoms with Crippen molar-refractivity contribution in [3.63, 3.8) is 0 Å². The molecule has 0 atom stereocenters. The van der Waals surface area contributed by atoms with Crippen molar-refractivity contribution in [2.45, 2.75) is 46.8 Å². The quantitative estimate of drug-likeness (QED) is 0.206. The molecule has 0 bridgehead atoms. The van der Waals surface area contributed by atoms with Crippen LogP contribution in [0, 0.1) is 0 Å². The van der Waals surface area contributed by atoms with Crippen LogP contribution in [0.5, 0.6) is 0 Å². The molecule has 2 rings (SSSR count). The van der Waals surface area contributed by atoms with E-state index in [9.17, 15) is 75.0 Å². The predicted molar refractivity (Wildman–Crippen MR) is 106 cm³/mol. The lowest BCUT2D eigenvalue weighted by Crippen LogP contribution is -2.75. The SMILES string of the molecule is O=C(N1CCN(c2cccc(Cl)c2)CC1)C(F)(F)C(F)(F)C(F)(F)C(F)(F)C(F)(F)C(F)(F)C(F)(F)C(F)(F)Cl. The molecule has 3 nitrogen and oxygen atoms in total. The van der Waals surface area contributed by atoms with Crippen molar-refractivity contribution in [1.82, 2.24) is 4.90 Å². The van der Waals surface area contributed by atoms with Gasteiger partial charge in [0.2, 0.25) is 0 Å². The highest BCUT2D eigenvalue weighted by Crippen LogP contribution is 2.64. The fourth-order valence-electron chi connectivity index (χ4n) is 3.34. The standard InChI is InChI=1S/C19H12Cl2F16N2O/c20-9-2-1-3-10(8-9)38-4-6-39(7-5-38)11(40)12(22,23)13(24,25)14(26,27)15(28,29)16(30,31)17(32,33)18(34,35)19(21,36)37/h1-3,8H,4-7H2. The molecular weight excluding hydrogens is 647 g/mol. The first-order valence-electron chi connectivity index (χ1n) is 10.1. The van der Waals surface area contributed by atoms with E-state index in [1.807, 2.05) is 0 Å². The molecule has 1 aromatic rings. The minimum Gasteiger partial charge on any atom is -0.368 e. The maximum atomic E-state index is 14.3. The Hall–Kier alpha value is -2.05. The van der Waals surface area contributed by atoms with Crippen LogP contribution in [-0.4, -0.2) is 83.8 Å². The molecular formula is C19H12Cl2F16N2O. The van der Waals surface area contributed by atoms with Crippen molar-refractivity contribution in [2.24, 2.45) is 0 Å². The van der Waals surface area contributed by atoms with Gasteiger partial charge in [-0.1, -0.05) is 17.7 Å². The smallest absolute Gasteiger partial charge is 0.368 e. The molecule has 1 heterocycles. The number of carbonyl (C=O) groups excluding carboxylic acids is 1. The van der Waals surface area contributed by atoms with Crippen molar-refractivity contribution < 1.29 is 75.0 Å². The molecule has 1 aliphatic heterocycles. The molecule has 1 fully saturated rings. The van der Waals surface area contributed by atoms with Gasteiger partial charge in [0.15, 0.2) is 0 Å². The first-order valence-corrected chi connectivity index (χ1v) is 10.9. The molecule has 230 valence electrons. The highest BCUT2D eigenvalue weighted by molar-refractivity contribution is 6.30. The lowest BCUT2D eigenvalue weighted by atomic mass is 9.88. The third kappa shape index (κ3) is 4.87. The molecule has 0 saturated carbocycles. The summed E-state index contributed by atoms with van der Waals surface area (Å²) in [7, 11) is 0. The van der Waals surface area contributed by atoms with Crippen molar-refractivity contribution >= 4 is 34.8 Å². The molecule has 1 aliphatic rings. The number of nitrogens with zero attached hydrogens (tertiary/aromatic N) is 2. The van der Waals surface area contributed by atoms with Gasteiger partial charge in [0.1, 0.15) is 0 Å². The zero-order chi connectivity index (χ0) is 31.5. The summed E-state index contributed by atoms with van der Waals surface area (Å²) < 4.78 is 218. The largest absolute Gasteiger partial charge is 0.393 e. The molecule has 1 saturated heterocycles. The van der Waals surface area contributed by atoms with E-state index in [1.165, 1.54) is 29.2 Å². The van der Waals surface area contributed by atoms with E-state index in [1.54, 1.807) is 0 Å². The lowest BCUT2D eigenvalue weighted by Gasteiger charge is -2.43. The molecule has 21 heteroatoms. The minimum absolute atomic E-state index is 0.167. The minimum atomic E-state index is -8.62. The van der Waals surface area contributed by atoms with Crippen LogP contribution < -0.4 is 4.90 Å². The zero-order valence-electron chi connectivity index (χ0n) is 18.7. The first-order chi connectivity index (χ1) is 17.6. The summed E-state index contributed by atoms with van der Waals surface area (Å²) in [5.41, 5.74) is 0.297. The van der Waals surface area contributed by atoms with Crippen LogP contribution in [0.15, 0.2) is 24.3 Å². The zero-order valence-corrected chi connectivity index (χ0v) is 20.3. The Bertz CT molecular complexity index is 1100. The van der Waals surface area contributed by atoms with Crippen LogP contribution in [0.3, 0.4) is 0 Å². The van der Waals surface area contributed by atoms with Gasteiger partial charge in [-0.05, 0) is 29.8 Å². The summed E-state index contributed by atoms with van der Waals surface area (Å²) in [5.74, 6) is -60.2. The highest BCUT2D eigenvalue weighted by Gasteiger charge is 2.95. The average molecular weight is 659 g/mol. The highest BCUT2D eigenvalue weighted by atomic mass is 35.5. The Kier molecular flexibility index (Phi) is 8.58. The van der Waals surface area contributed by atoms with Crippen LogP contribution >= 0.6 is 23.2 Å². The topological polar surface area (TPSA) is 23.6 Å². The fraction of sp³-hybridized carbons (Fsp3) is 0.632. The van der Waals surface area contributed by atoms with Gasteiger partial charge in [0.25, 0.3) is 5.91 Å². The number of carbonyl (C=O) groups is 1. The van der Waals surface area contributed by atoms with Gasteiger partial charge in [0.05, 0.1) is 0 Å². The van der Waals surface area contributed by atoms with E-state index in [0.717, 1.165) is 0 Å². The number of benzene rings is 1. The van der Waals surface area contributed by atoms with Crippen LogP contribution in [-0.2, 0) is 4.79 Å². The van der Waals surface area contributed by atoms with E-state index in [-0.39, 0.29) is 9.92 Å². The number of alkyl halides is 17.